The van der Waals surface area contributed by atoms with Gasteiger partial charge in [-0.2, -0.15) is 8.42 Å². The Morgan fingerprint density at radius 1 is 0.644 bits per heavy atom. The van der Waals surface area contributed by atoms with Crippen molar-refractivity contribution in [2.75, 3.05) is 84.5 Å². The zero-order valence-corrected chi connectivity index (χ0v) is 34.6. The number of anilines is 1. The van der Waals surface area contributed by atoms with E-state index < -0.39 is 23.1 Å². The summed E-state index contributed by atoms with van der Waals surface area (Å²) in [6.45, 7) is 3.52. The van der Waals surface area contributed by atoms with E-state index >= 15 is 0 Å². The molecule has 0 aliphatic heterocycles. The molecule has 0 atom stereocenters. The largest absolute Gasteiger partial charge is 0.488 e. The van der Waals surface area contributed by atoms with Gasteiger partial charge in [0.1, 0.15) is 11.6 Å². The lowest BCUT2D eigenvalue weighted by molar-refractivity contribution is -0.125. The van der Waals surface area contributed by atoms with Crippen LogP contribution in [0.15, 0.2) is 53.4 Å². The van der Waals surface area contributed by atoms with E-state index in [0.717, 1.165) is 25.7 Å². The van der Waals surface area contributed by atoms with Crippen LogP contribution in [0.2, 0.25) is 0 Å². The normalized spacial score (nSPS) is 11.2. The molecule has 0 saturated heterocycles. The van der Waals surface area contributed by atoms with Gasteiger partial charge in [0.2, 0.25) is 5.91 Å². The van der Waals surface area contributed by atoms with Crippen LogP contribution in [0.3, 0.4) is 0 Å². The first-order chi connectivity index (χ1) is 28.5. The minimum absolute atomic E-state index is 0.0152. The summed E-state index contributed by atoms with van der Waals surface area (Å²) < 4.78 is 57.6. The molecule has 0 unspecified atom stereocenters. The fourth-order valence-corrected chi connectivity index (χ4v) is 6.14. The summed E-state index contributed by atoms with van der Waals surface area (Å²) in [5, 5.41) is 23.9. The van der Waals surface area contributed by atoms with Crippen LogP contribution < -0.4 is 16.1 Å². The van der Waals surface area contributed by atoms with Gasteiger partial charge in [-0.1, -0.05) is 18.2 Å². The third kappa shape index (κ3) is 25.3. The van der Waals surface area contributed by atoms with Gasteiger partial charge in [0.25, 0.3) is 16.0 Å². The molecule has 0 spiro atoms. The average molecular weight is 847 g/mol. The van der Waals surface area contributed by atoms with Crippen LogP contribution >= 0.6 is 0 Å². The highest BCUT2D eigenvalue weighted by molar-refractivity contribution is 7.86. The maximum atomic E-state index is 12.7. The van der Waals surface area contributed by atoms with Crippen LogP contribution in [0.1, 0.15) is 81.0 Å². The number of unbranched alkanes of at least 4 members (excludes halogenated alkanes) is 3. The van der Waals surface area contributed by atoms with Crippen molar-refractivity contribution in [1.82, 2.24) is 5.32 Å². The highest BCUT2D eigenvalue weighted by Crippen LogP contribution is 2.16. The summed E-state index contributed by atoms with van der Waals surface area (Å²) in [5.41, 5.74) is 0.530. The Hall–Kier alpha value is -4.03. The van der Waals surface area contributed by atoms with E-state index in [1.807, 2.05) is 0 Å². The predicted molar refractivity (Wildman–Crippen MR) is 221 cm³/mol. The Balaban J connectivity index is 1.38. The minimum Gasteiger partial charge on any atom is -0.423 e. The number of ether oxygens (including phenoxy) is 5. The number of hydrogen-bond acceptors (Lipinski definition) is 14. The van der Waals surface area contributed by atoms with Gasteiger partial charge < -0.3 is 44.4 Å². The number of carbonyl (C=O) groups excluding carboxylic acids is 4. The van der Waals surface area contributed by atoms with Gasteiger partial charge in [-0.15, -0.1) is 12.3 Å². The van der Waals surface area contributed by atoms with Crippen LogP contribution in [0.25, 0.3) is 0 Å². The van der Waals surface area contributed by atoms with Crippen molar-refractivity contribution in [2.45, 2.75) is 75.5 Å². The number of Topliss-reactive ketones (excluding diaryl/α,β-unsaturated/α-hetero) is 2. The second-order valence-corrected chi connectivity index (χ2v) is 14.8. The van der Waals surface area contributed by atoms with Crippen molar-refractivity contribution in [1.29, 1.82) is 0 Å². The molecular weight excluding hydrogens is 787 g/mol. The average Bonchev–Trinajstić information content (AvgIpc) is 3.22. The molecule has 16 nitrogen and oxygen atoms in total. The Bertz CT molecular complexity index is 1690. The summed E-state index contributed by atoms with van der Waals surface area (Å²) in [7, 11) is -5.90. The van der Waals surface area contributed by atoms with Gasteiger partial charge in [-0.05, 0) is 67.9 Å². The number of rotatable bonds is 36. The van der Waals surface area contributed by atoms with Gasteiger partial charge in [-0.25, -0.2) is 0 Å². The third-order valence-electron chi connectivity index (χ3n) is 8.37. The predicted octanol–water partition coefficient (Wildman–Crippen LogP) is 2.59. The molecule has 0 aliphatic rings. The lowest BCUT2D eigenvalue weighted by Gasteiger charge is -2.10. The zero-order valence-electron chi connectivity index (χ0n) is 33.7. The van der Waals surface area contributed by atoms with E-state index in [0.29, 0.717) is 77.4 Å². The quantitative estimate of drug-likeness (QED) is 0.0335. The summed E-state index contributed by atoms with van der Waals surface area (Å²) in [6, 6.07) is 11.2. The number of amides is 2. The van der Waals surface area contributed by atoms with E-state index in [4.69, 9.17) is 34.3 Å². The molecular formula is C41H59BN2O14S. The zero-order chi connectivity index (χ0) is 43.0. The first-order valence-corrected chi connectivity index (χ1v) is 21.3. The van der Waals surface area contributed by atoms with Crippen molar-refractivity contribution in [3.05, 3.63) is 54.1 Å². The number of hydrogen-bond donors (Lipinski definition) is 4. The SMILES string of the molecule is C#CCCCC(=O)CCCCOCCOCCOCCCCC(=O)CCC(=O)NCCOCCOCCOS(=O)(=O)c1cccc(C(=O)Nc2cccc(B(O)O)c2)c1. The maximum Gasteiger partial charge on any atom is 0.488 e. The van der Waals surface area contributed by atoms with Crippen LogP contribution in [0.4, 0.5) is 5.69 Å². The van der Waals surface area contributed by atoms with Crippen molar-refractivity contribution >= 4 is 51.8 Å². The number of benzene rings is 2. The molecule has 0 aromatic heterocycles. The molecule has 0 saturated carbocycles. The van der Waals surface area contributed by atoms with Crippen molar-refractivity contribution in [3.8, 4) is 12.3 Å². The lowest BCUT2D eigenvalue weighted by atomic mass is 9.80. The van der Waals surface area contributed by atoms with Gasteiger partial charge in [0, 0.05) is 69.5 Å². The first kappa shape index (κ1) is 51.1. The van der Waals surface area contributed by atoms with E-state index in [1.165, 1.54) is 42.5 Å². The van der Waals surface area contributed by atoms with Crippen LogP contribution in [-0.2, 0) is 52.4 Å². The summed E-state index contributed by atoms with van der Waals surface area (Å²) in [6.07, 6.45) is 11.4. The van der Waals surface area contributed by atoms with Gasteiger partial charge in [0.05, 0.1) is 64.4 Å². The van der Waals surface area contributed by atoms with E-state index in [1.54, 1.807) is 6.07 Å². The summed E-state index contributed by atoms with van der Waals surface area (Å²) in [4.78, 5) is 48.3. The molecule has 0 heterocycles. The van der Waals surface area contributed by atoms with Crippen LogP contribution in [-0.4, -0.2) is 128 Å². The molecule has 59 heavy (non-hydrogen) atoms. The van der Waals surface area contributed by atoms with Crippen molar-refractivity contribution in [2.24, 2.45) is 0 Å². The Morgan fingerprint density at radius 2 is 1.20 bits per heavy atom. The molecule has 4 N–H and O–H groups in total. The third-order valence-corrected chi connectivity index (χ3v) is 9.68. The smallest absolute Gasteiger partial charge is 0.423 e. The number of terminal acetylenes is 1. The molecule has 18 heteroatoms. The molecule has 0 radical (unpaired) electrons. The van der Waals surface area contributed by atoms with E-state index in [2.05, 4.69) is 16.6 Å². The van der Waals surface area contributed by atoms with Crippen molar-refractivity contribution < 1.29 is 65.5 Å². The molecule has 0 bridgehead atoms. The van der Waals surface area contributed by atoms with E-state index in [-0.39, 0.29) is 85.8 Å². The standard InChI is InChI=1S/C41H59BN2O14S/c1-2-3-4-14-37(45)15-5-7-21-53-24-27-56-28-25-54-22-8-6-16-38(46)18-19-40(47)43-20-23-55-26-29-57-30-31-58-59(51,52)39-17-9-11-34(32-39)41(48)44-36-13-10-12-35(33-36)42(49)50/h1,9-13,17,32-33,49-50H,3-8,14-16,18-31H2,(H,43,47)(H,44,48). The molecule has 326 valence electrons. The topological polar surface area (TPSA) is 222 Å². The number of ketones is 2. The lowest BCUT2D eigenvalue weighted by Crippen LogP contribution is -2.30. The molecule has 2 amide bonds. The summed E-state index contributed by atoms with van der Waals surface area (Å²) in [5.74, 6) is 1.96. The highest BCUT2D eigenvalue weighted by atomic mass is 32.2. The van der Waals surface area contributed by atoms with Crippen molar-refractivity contribution in [3.63, 3.8) is 0 Å². The Labute approximate surface area is 348 Å². The highest BCUT2D eigenvalue weighted by Gasteiger charge is 2.18. The molecule has 2 rings (SSSR count). The minimum atomic E-state index is -4.19. The number of nitrogens with one attached hydrogen (secondary N) is 2. The molecule has 0 fully saturated rings. The van der Waals surface area contributed by atoms with Gasteiger partial charge in [0.15, 0.2) is 0 Å². The second-order valence-electron chi connectivity index (χ2n) is 13.2. The van der Waals surface area contributed by atoms with Gasteiger partial charge >= 0.3 is 7.12 Å². The summed E-state index contributed by atoms with van der Waals surface area (Å²) >= 11 is 0. The molecule has 0 aliphatic carbocycles. The molecule has 2 aromatic carbocycles. The monoisotopic (exact) mass is 846 g/mol. The number of carbonyl (C=O) groups is 4. The maximum absolute atomic E-state index is 12.7. The molecule has 2 aromatic rings. The first-order valence-electron chi connectivity index (χ1n) is 19.9. The Kier molecular flexibility index (Phi) is 27.6. The Morgan fingerprint density at radius 3 is 1.83 bits per heavy atom. The fraction of sp³-hybridized carbons (Fsp3) is 0.561. The van der Waals surface area contributed by atoms with Gasteiger partial charge in [-0.3, -0.25) is 23.4 Å². The van der Waals surface area contributed by atoms with Crippen LogP contribution in [0.5, 0.6) is 0 Å². The van der Waals surface area contributed by atoms with Crippen LogP contribution in [0, 0.1) is 12.3 Å². The fourth-order valence-electron chi connectivity index (χ4n) is 5.20. The van der Waals surface area contributed by atoms with E-state index in [9.17, 15) is 37.6 Å². The second kappa shape index (κ2) is 31.8.